The zero-order chi connectivity index (χ0) is 24.1. The zero-order valence-corrected chi connectivity index (χ0v) is 20.5. The maximum atomic E-state index is 12.1. The molecule has 0 bridgehead atoms. The van der Waals surface area contributed by atoms with Gasteiger partial charge in [-0.3, -0.25) is 9.59 Å². The Hall–Kier alpha value is -2.70. The number of halogens is 2. The molecule has 0 aliphatic carbocycles. The summed E-state index contributed by atoms with van der Waals surface area (Å²) < 4.78 is 0. The van der Waals surface area contributed by atoms with Gasteiger partial charge in [-0.25, -0.2) is 10.9 Å². The van der Waals surface area contributed by atoms with Crippen molar-refractivity contribution >= 4 is 46.4 Å². The van der Waals surface area contributed by atoms with Gasteiger partial charge in [-0.05, 0) is 61.1 Å². The van der Waals surface area contributed by atoms with Crippen molar-refractivity contribution in [1.82, 2.24) is 10.9 Å². The van der Waals surface area contributed by atoms with E-state index in [1.807, 2.05) is 50.2 Å². The first-order valence-corrected chi connectivity index (χ1v) is 11.9. The maximum Gasteiger partial charge on any atom is 0.240 e. The Morgan fingerprint density at radius 2 is 1.15 bits per heavy atom. The SMILES string of the molecule is CCC(=NNC(=O)CCCCCC(=O)NN=C(CC)c1cccc(Cl)c1)c1cccc(Cl)c1. The highest BCUT2D eigenvalue weighted by atomic mass is 35.5. The van der Waals surface area contributed by atoms with E-state index in [4.69, 9.17) is 23.2 Å². The van der Waals surface area contributed by atoms with Gasteiger partial charge in [0.2, 0.25) is 11.8 Å². The molecule has 0 saturated heterocycles. The van der Waals surface area contributed by atoms with E-state index in [2.05, 4.69) is 21.1 Å². The highest BCUT2D eigenvalue weighted by Gasteiger charge is 2.07. The van der Waals surface area contributed by atoms with Crippen LogP contribution >= 0.6 is 23.2 Å². The number of hydrogen-bond donors (Lipinski definition) is 2. The molecule has 6 nitrogen and oxygen atoms in total. The van der Waals surface area contributed by atoms with Crippen LogP contribution in [0.1, 0.15) is 69.9 Å². The van der Waals surface area contributed by atoms with Crippen LogP contribution in [0.2, 0.25) is 10.0 Å². The second kappa shape index (κ2) is 14.4. The van der Waals surface area contributed by atoms with Crippen molar-refractivity contribution in [3.8, 4) is 0 Å². The van der Waals surface area contributed by atoms with E-state index in [1.54, 1.807) is 12.1 Å². The first-order valence-electron chi connectivity index (χ1n) is 11.2. The van der Waals surface area contributed by atoms with Gasteiger partial charge in [0.05, 0.1) is 11.4 Å². The van der Waals surface area contributed by atoms with Crippen LogP contribution < -0.4 is 10.9 Å². The minimum Gasteiger partial charge on any atom is -0.273 e. The summed E-state index contributed by atoms with van der Waals surface area (Å²) in [6.45, 7) is 3.94. The Bertz CT molecular complexity index is 926. The Labute approximate surface area is 205 Å². The molecule has 0 aliphatic rings. The normalized spacial score (nSPS) is 11.9. The molecule has 0 fully saturated rings. The zero-order valence-electron chi connectivity index (χ0n) is 19.0. The molecular formula is C25H30Cl2N4O2. The number of nitrogens with zero attached hydrogens (tertiary/aromatic N) is 2. The second-order valence-electron chi connectivity index (χ2n) is 7.48. The molecule has 176 valence electrons. The summed E-state index contributed by atoms with van der Waals surface area (Å²) in [4.78, 5) is 24.2. The molecule has 0 aromatic heterocycles. The summed E-state index contributed by atoms with van der Waals surface area (Å²) in [6.07, 6.45) is 4.18. The molecule has 33 heavy (non-hydrogen) atoms. The van der Waals surface area contributed by atoms with Gasteiger partial charge in [-0.1, -0.05) is 67.7 Å². The van der Waals surface area contributed by atoms with Crippen LogP contribution in [0.15, 0.2) is 58.7 Å². The Morgan fingerprint density at radius 1 is 0.727 bits per heavy atom. The molecule has 0 heterocycles. The number of carbonyl (C=O) groups excluding carboxylic acids is 2. The van der Waals surface area contributed by atoms with Crippen LogP contribution in [0.3, 0.4) is 0 Å². The number of hydrazone groups is 2. The van der Waals surface area contributed by atoms with Gasteiger partial charge in [0, 0.05) is 22.9 Å². The van der Waals surface area contributed by atoms with E-state index in [0.29, 0.717) is 48.6 Å². The molecule has 0 aliphatic heterocycles. The standard InChI is InChI=1S/C25H30Cl2N4O2/c1-3-22(18-10-8-12-20(26)16-18)28-30-24(32)14-6-5-7-15-25(33)31-29-23(4-2)19-11-9-13-21(27)17-19/h8-13,16-17H,3-7,14-15H2,1-2H3,(H,30,32)(H,31,33). The first kappa shape index (κ1) is 26.6. The predicted octanol–water partition coefficient (Wildman–Crippen LogP) is 6.10. The number of benzene rings is 2. The van der Waals surface area contributed by atoms with Crippen molar-refractivity contribution in [1.29, 1.82) is 0 Å². The van der Waals surface area contributed by atoms with Gasteiger partial charge >= 0.3 is 0 Å². The predicted molar refractivity (Wildman–Crippen MR) is 136 cm³/mol. The molecule has 0 unspecified atom stereocenters. The quantitative estimate of drug-likeness (QED) is 0.214. The van der Waals surface area contributed by atoms with E-state index >= 15 is 0 Å². The molecule has 0 saturated carbocycles. The Balaban J connectivity index is 1.69. The monoisotopic (exact) mass is 488 g/mol. The lowest BCUT2D eigenvalue weighted by Gasteiger charge is -2.06. The van der Waals surface area contributed by atoms with Crippen LogP contribution in [-0.4, -0.2) is 23.2 Å². The minimum atomic E-state index is -0.147. The topological polar surface area (TPSA) is 82.9 Å². The molecule has 0 atom stereocenters. The number of carbonyl (C=O) groups is 2. The summed E-state index contributed by atoms with van der Waals surface area (Å²) in [5.74, 6) is -0.294. The average molecular weight is 489 g/mol. The third-order valence-electron chi connectivity index (χ3n) is 4.92. The van der Waals surface area contributed by atoms with E-state index in [0.717, 1.165) is 29.0 Å². The molecule has 2 aromatic rings. The number of hydrogen-bond acceptors (Lipinski definition) is 4. The van der Waals surface area contributed by atoms with Gasteiger partial charge in [0.1, 0.15) is 0 Å². The Kier molecular flexibility index (Phi) is 11.6. The highest BCUT2D eigenvalue weighted by molar-refractivity contribution is 6.31. The lowest BCUT2D eigenvalue weighted by Crippen LogP contribution is -2.20. The fourth-order valence-electron chi connectivity index (χ4n) is 3.15. The summed E-state index contributed by atoms with van der Waals surface area (Å²) in [7, 11) is 0. The molecule has 2 rings (SSSR count). The number of unbranched alkanes of at least 4 members (excludes halogenated alkanes) is 2. The number of amides is 2. The fraction of sp³-hybridized carbons (Fsp3) is 0.360. The molecule has 2 aromatic carbocycles. The third kappa shape index (κ3) is 9.76. The van der Waals surface area contributed by atoms with Crippen molar-refractivity contribution in [2.75, 3.05) is 0 Å². The van der Waals surface area contributed by atoms with Crippen LogP contribution in [0, 0.1) is 0 Å². The lowest BCUT2D eigenvalue weighted by atomic mass is 10.1. The molecular weight excluding hydrogens is 459 g/mol. The molecule has 2 amide bonds. The average Bonchev–Trinajstić information content (AvgIpc) is 2.80. The van der Waals surface area contributed by atoms with Crippen molar-refractivity contribution in [3.05, 3.63) is 69.7 Å². The van der Waals surface area contributed by atoms with E-state index in [-0.39, 0.29) is 11.8 Å². The van der Waals surface area contributed by atoms with Gasteiger partial charge in [0.15, 0.2) is 0 Å². The molecule has 8 heteroatoms. The van der Waals surface area contributed by atoms with E-state index in [1.165, 1.54) is 0 Å². The third-order valence-corrected chi connectivity index (χ3v) is 5.39. The number of rotatable bonds is 12. The molecule has 0 radical (unpaired) electrons. The van der Waals surface area contributed by atoms with Crippen molar-refractivity contribution < 1.29 is 9.59 Å². The summed E-state index contributed by atoms with van der Waals surface area (Å²) in [5, 5.41) is 9.72. The largest absolute Gasteiger partial charge is 0.273 e. The minimum absolute atomic E-state index is 0.147. The van der Waals surface area contributed by atoms with Crippen molar-refractivity contribution in [2.24, 2.45) is 10.2 Å². The van der Waals surface area contributed by atoms with Crippen LogP contribution in [-0.2, 0) is 9.59 Å². The molecule has 0 spiro atoms. The fourth-order valence-corrected chi connectivity index (χ4v) is 3.53. The summed E-state index contributed by atoms with van der Waals surface area (Å²) in [5.41, 5.74) is 8.54. The summed E-state index contributed by atoms with van der Waals surface area (Å²) >= 11 is 12.0. The number of nitrogens with one attached hydrogen (secondary N) is 2. The Morgan fingerprint density at radius 3 is 1.52 bits per heavy atom. The van der Waals surface area contributed by atoms with Crippen LogP contribution in [0.25, 0.3) is 0 Å². The van der Waals surface area contributed by atoms with Crippen molar-refractivity contribution in [2.45, 2.75) is 58.8 Å². The summed E-state index contributed by atoms with van der Waals surface area (Å²) in [6, 6.07) is 14.8. The van der Waals surface area contributed by atoms with Gasteiger partial charge < -0.3 is 0 Å². The van der Waals surface area contributed by atoms with Crippen LogP contribution in [0.4, 0.5) is 0 Å². The van der Waals surface area contributed by atoms with Crippen LogP contribution in [0.5, 0.6) is 0 Å². The van der Waals surface area contributed by atoms with Crippen molar-refractivity contribution in [3.63, 3.8) is 0 Å². The molecule has 2 N–H and O–H groups in total. The van der Waals surface area contributed by atoms with Gasteiger partial charge in [0.25, 0.3) is 0 Å². The van der Waals surface area contributed by atoms with Gasteiger partial charge in [-0.2, -0.15) is 10.2 Å². The highest BCUT2D eigenvalue weighted by Crippen LogP contribution is 2.14. The first-order chi connectivity index (χ1) is 15.9. The van der Waals surface area contributed by atoms with E-state index < -0.39 is 0 Å². The maximum absolute atomic E-state index is 12.1. The van der Waals surface area contributed by atoms with Gasteiger partial charge in [-0.15, -0.1) is 0 Å². The lowest BCUT2D eigenvalue weighted by molar-refractivity contribution is -0.121. The van der Waals surface area contributed by atoms with E-state index in [9.17, 15) is 9.59 Å². The smallest absolute Gasteiger partial charge is 0.240 e. The second-order valence-corrected chi connectivity index (χ2v) is 8.35.